The van der Waals surface area contributed by atoms with Crippen LogP contribution >= 0.6 is 36.1 Å². The Balaban J connectivity index is 1.64. The number of carbonyl (C=O) groups excluding carboxylic acids is 2. The third kappa shape index (κ3) is 10.9. The fourth-order valence-corrected chi connectivity index (χ4v) is 7.26. The summed E-state index contributed by atoms with van der Waals surface area (Å²) in [5.41, 5.74) is 2.07. The predicted molar refractivity (Wildman–Crippen MR) is 159 cm³/mol. The van der Waals surface area contributed by atoms with Gasteiger partial charge >= 0.3 is 0 Å². The molecule has 0 spiro atoms. The molecule has 0 aromatic carbocycles. The molecular formula is C22H34N7O16P3S-4. The normalized spacial score (nSPS) is 24.7. The quantitative estimate of drug-likeness (QED) is 0.0620. The highest BCUT2D eigenvalue weighted by Crippen LogP contribution is 2.56. The van der Waals surface area contributed by atoms with E-state index in [0.717, 1.165) is 17.2 Å². The number of aliphatic hydroxyl groups excluding tert-OH is 2. The van der Waals surface area contributed by atoms with Crippen LogP contribution in [-0.4, -0.2) is 98.0 Å². The summed E-state index contributed by atoms with van der Waals surface area (Å²) in [6.07, 6.45) is -5.92. The van der Waals surface area contributed by atoms with E-state index in [0.29, 0.717) is 12.3 Å². The molecule has 27 heteroatoms. The summed E-state index contributed by atoms with van der Waals surface area (Å²) in [6.45, 7) is 1.48. The van der Waals surface area contributed by atoms with E-state index in [4.69, 9.17) is 10.5 Å². The van der Waals surface area contributed by atoms with Gasteiger partial charge in [-0.15, -0.1) is 0 Å². The minimum absolute atomic E-state index is 0.0260. The Morgan fingerprint density at radius 2 is 1.80 bits per heavy atom. The Morgan fingerprint density at radius 1 is 1.14 bits per heavy atom. The molecule has 0 radical (unpaired) electrons. The van der Waals surface area contributed by atoms with Gasteiger partial charge in [0.1, 0.15) is 36.3 Å². The van der Waals surface area contributed by atoms with E-state index in [2.05, 4.69) is 56.1 Å². The van der Waals surface area contributed by atoms with Crippen LogP contribution < -0.4 is 35.9 Å². The van der Waals surface area contributed by atoms with Crippen molar-refractivity contribution in [1.82, 2.24) is 30.2 Å². The number of aromatic nitrogens is 4. The van der Waals surface area contributed by atoms with Crippen LogP contribution in [-0.2, 0) is 51.6 Å². The standard InChI is InChI=1S/C22H38N7O16P3S/c1-21(2,17(32)20(33)25-5-4-13(30)24-6-7-49)9-42-48(39,40)45-47(37,38)41-8-12-15(44-46(34,35)36)16(31)22(3,43-12)29-11-28-14-18(23)26-10-27-19(14)29/h10-12,15-17,31-32,49H,4-9H2,1-3H3,(H,24,30)(H,25,33)(H,37,38)(H,39,40)(H2,23,26,27)(H2,34,35,36)/p-4. The molecule has 7 unspecified atom stereocenters. The van der Waals surface area contributed by atoms with Crippen LogP contribution in [0.5, 0.6) is 0 Å². The highest BCUT2D eigenvalue weighted by atomic mass is 32.1. The van der Waals surface area contributed by atoms with E-state index in [1.807, 2.05) is 0 Å². The number of anilines is 1. The zero-order valence-corrected chi connectivity index (χ0v) is 29.5. The molecule has 7 atom stereocenters. The summed E-state index contributed by atoms with van der Waals surface area (Å²) in [5.74, 6) is -1.06. The average molecular weight is 778 g/mol. The van der Waals surface area contributed by atoms with Gasteiger partial charge in [0.15, 0.2) is 17.2 Å². The molecule has 23 nitrogen and oxygen atoms in total. The van der Waals surface area contributed by atoms with Gasteiger partial charge in [0.05, 0.1) is 27.4 Å². The predicted octanol–water partition coefficient (Wildman–Crippen LogP) is -4.02. The summed E-state index contributed by atoms with van der Waals surface area (Å²) in [6, 6.07) is 0. The molecule has 0 bridgehead atoms. The number of aliphatic hydroxyl groups is 2. The Morgan fingerprint density at radius 3 is 2.43 bits per heavy atom. The minimum Gasteiger partial charge on any atom is -0.790 e. The summed E-state index contributed by atoms with van der Waals surface area (Å²) in [7, 11) is -17.6. The summed E-state index contributed by atoms with van der Waals surface area (Å²) in [4.78, 5) is 83.5. The number of hydrogen-bond donors (Lipinski definition) is 6. The Bertz CT molecular complexity index is 1640. The molecule has 3 heterocycles. The lowest BCUT2D eigenvalue weighted by Crippen LogP contribution is -2.46. The van der Waals surface area contributed by atoms with Gasteiger partial charge < -0.3 is 69.0 Å². The largest absolute Gasteiger partial charge is 0.790 e. The van der Waals surface area contributed by atoms with Crippen LogP contribution in [0.1, 0.15) is 27.2 Å². The third-order valence-corrected chi connectivity index (χ3v) is 10.2. The van der Waals surface area contributed by atoms with Crippen molar-refractivity contribution in [2.45, 2.75) is 57.3 Å². The third-order valence-electron chi connectivity index (χ3n) is 6.97. The number of nitrogens with one attached hydrogen (secondary N) is 2. The lowest BCUT2D eigenvalue weighted by molar-refractivity contribution is -0.347. The molecule has 2 amide bonds. The van der Waals surface area contributed by atoms with Gasteiger partial charge in [-0.2, -0.15) is 12.6 Å². The molecule has 2 aromatic heterocycles. The fraction of sp³-hybridized carbons (Fsp3) is 0.682. The number of hydrogen-bond acceptors (Lipinski definition) is 21. The number of nitrogens with zero attached hydrogens (tertiary/aromatic N) is 4. The molecule has 49 heavy (non-hydrogen) atoms. The van der Waals surface area contributed by atoms with Crippen LogP contribution in [0.3, 0.4) is 0 Å². The number of nitrogen functional groups attached to an aromatic ring is 1. The smallest absolute Gasteiger partial charge is 0.274 e. The maximum Gasteiger partial charge on any atom is 0.274 e. The van der Waals surface area contributed by atoms with E-state index < -0.39 is 84.1 Å². The summed E-state index contributed by atoms with van der Waals surface area (Å²) in [5, 5.41) is 26.2. The second-order valence-corrected chi connectivity index (χ2v) is 15.8. The van der Waals surface area contributed by atoms with Crippen LogP contribution in [0.4, 0.5) is 5.82 Å². The fourth-order valence-electron chi connectivity index (χ4n) is 4.43. The second-order valence-electron chi connectivity index (χ2n) is 11.3. The number of amides is 2. The number of nitrogens with two attached hydrogens (primary N) is 1. The van der Waals surface area contributed by atoms with Crippen molar-refractivity contribution in [2.24, 2.45) is 5.41 Å². The van der Waals surface area contributed by atoms with Crippen molar-refractivity contribution in [2.75, 3.05) is 37.8 Å². The number of thiol groups is 1. The first kappa shape index (κ1) is 41.3. The molecule has 6 N–H and O–H groups in total. The van der Waals surface area contributed by atoms with Gasteiger partial charge in [-0.25, -0.2) is 19.3 Å². The zero-order chi connectivity index (χ0) is 37.0. The SMILES string of the molecule is CC(C)(COP(=O)([O-])OP(=O)([O-])OCC1OC(C)(n2cnc3c(N)ncnc32)C(O)C1OP(=O)([O-])[O-])C(O)C(=O)NCCC(=O)NCCS. The van der Waals surface area contributed by atoms with Gasteiger partial charge in [0.25, 0.3) is 15.6 Å². The van der Waals surface area contributed by atoms with Crippen LogP contribution in [0, 0.1) is 5.41 Å². The molecule has 1 aliphatic heterocycles. The van der Waals surface area contributed by atoms with Crippen molar-refractivity contribution in [3.05, 3.63) is 12.7 Å². The lowest BCUT2D eigenvalue weighted by Gasteiger charge is -2.36. The maximum atomic E-state index is 12.5. The Kier molecular flexibility index (Phi) is 13.5. The van der Waals surface area contributed by atoms with Crippen molar-refractivity contribution in [3.63, 3.8) is 0 Å². The summed E-state index contributed by atoms with van der Waals surface area (Å²) < 4.78 is 60.7. The minimum atomic E-state index is -5.90. The molecular weight excluding hydrogens is 743 g/mol. The van der Waals surface area contributed by atoms with Crippen molar-refractivity contribution in [3.8, 4) is 0 Å². The zero-order valence-electron chi connectivity index (χ0n) is 26.0. The van der Waals surface area contributed by atoms with Gasteiger partial charge in [-0.3, -0.25) is 23.3 Å². The second kappa shape index (κ2) is 16.1. The number of carbonyl (C=O) groups is 2. The van der Waals surface area contributed by atoms with E-state index in [1.165, 1.54) is 20.8 Å². The van der Waals surface area contributed by atoms with Crippen LogP contribution in [0.15, 0.2) is 12.7 Å². The van der Waals surface area contributed by atoms with Crippen LogP contribution in [0.25, 0.3) is 11.2 Å². The molecule has 1 fully saturated rings. The molecule has 1 aliphatic rings. The highest BCUT2D eigenvalue weighted by Gasteiger charge is 2.55. The highest BCUT2D eigenvalue weighted by molar-refractivity contribution is 7.80. The van der Waals surface area contributed by atoms with Crippen molar-refractivity contribution in [1.29, 1.82) is 0 Å². The molecule has 3 rings (SSSR count). The Hall–Kier alpha value is -2.11. The first-order chi connectivity index (χ1) is 22.5. The molecule has 1 saturated heterocycles. The maximum absolute atomic E-state index is 12.5. The van der Waals surface area contributed by atoms with Gasteiger partial charge in [0, 0.05) is 30.7 Å². The topological polar surface area (TPSA) is 358 Å². The first-order valence-electron chi connectivity index (χ1n) is 14.0. The molecule has 0 aliphatic carbocycles. The van der Waals surface area contributed by atoms with E-state index >= 15 is 0 Å². The van der Waals surface area contributed by atoms with E-state index in [1.54, 1.807) is 0 Å². The number of ether oxygens (including phenoxy) is 1. The monoisotopic (exact) mass is 777 g/mol. The molecule has 278 valence electrons. The summed E-state index contributed by atoms with van der Waals surface area (Å²) >= 11 is 3.94. The first-order valence-corrected chi connectivity index (χ1v) is 19.0. The van der Waals surface area contributed by atoms with Gasteiger partial charge in [-0.1, -0.05) is 13.8 Å². The van der Waals surface area contributed by atoms with Gasteiger partial charge in [-0.05, 0) is 6.92 Å². The number of phosphoric acid groups is 3. The van der Waals surface area contributed by atoms with Crippen molar-refractivity contribution < 1.29 is 75.7 Å². The Labute approximate surface area is 283 Å². The van der Waals surface area contributed by atoms with Crippen LogP contribution in [0.2, 0.25) is 0 Å². The number of rotatable bonds is 18. The number of imidazole rings is 1. The molecule has 2 aromatic rings. The van der Waals surface area contributed by atoms with E-state index in [9.17, 15) is 53.1 Å². The number of fused-ring (bicyclic) bond motifs is 1. The van der Waals surface area contributed by atoms with Gasteiger partial charge in [0.2, 0.25) is 11.8 Å². The molecule has 0 saturated carbocycles. The van der Waals surface area contributed by atoms with E-state index in [-0.39, 0.29) is 29.9 Å². The average Bonchev–Trinajstić information content (AvgIpc) is 3.53. The number of phosphoric ester groups is 3. The lowest BCUT2D eigenvalue weighted by atomic mass is 9.87. The van der Waals surface area contributed by atoms with Crippen molar-refractivity contribution >= 4 is 64.9 Å².